The number of carbonyl (C=O) groups excluding carboxylic acids is 2. The fraction of sp³-hybridized carbons (Fsp3) is 0.318. The van der Waals surface area contributed by atoms with Gasteiger partial charge in [-0.1, -0.05) is 0 Å². The average molecular weight is 410 g/mol. The van der Waals surface area contributed by atoms with Crippen LogP contribution in [0, 0.1) is 0 Å². The van der Waals surface area contributed by atoms with Crippen molar-refractivity contribution in [1.82, 2.24) is 9.80 Å². The van der Waals surface area contributed by atoms with Crippen LogP contribution in [0.4, 0.5) is 4.79 Å². The number of rotatable bonds is 3. The lowest BCUT2D eigenvalue weighted by molar-refractivity contribution is 0.0570. The summed E-state index contributed by atoms with van der Waals surface area (Å²) in [6.45, 7) is 3.70. The second-order valence-electron chi connectivity index (χ2n) is 6.98. The molecule has 1 fully saturated rings. The standard InChI is InChI=1S/C22H22N2O6/c1-3-29-22(27)24-10-8-23(9-11-24)21(26)14-4-7-18-17(12-14)20(25)16-6-5-15(28-2)13-19(16)30-18/h4-7,12-13H,3,8-11H2,1-2H3. The highest BCUT2D eigenvalue weighted by Gasteiger charge is 2.26. The molecular weight excluding hydrogens is 388 g/mol. The fourth-order valence-electron chi connectivity index (χ4n) is 3.58. The average Bonchev–Trinajstić information content (AvgIpc) is 2.78. The molecule has 8 heteroatoms. The van der Waals surface area contributed by atoms with E-state index in [1.807, 2.05) is 0 Å². The minimum atomic E-state index is -0.364. The maximum atomic E-state index is 12.9. The van der Waals surface area contributed by atoms with Crippen LogP contribution in [0.1, 0.15) is 17.3 Å². The highest BCUT2D eigenvalue weighted by molar-refractivity contribution is 5.99. The maximum absolute atomic E-state index is 12.9. The minimum absolute atomic E-state index is 0.186. The summed E-state index contributed by atoms with van der Waals surface area (Å²) in [6.07, 6.45) is -0.364. The van der Waals surface area contributed by atoms with Gasteiger partial charge in [-0.05, 0) is 37.3 Å². The van der Waals surface area contributed by atoms with E-state index in [-0.39, 0.29) is 17.4 Å². The van der Waals surface area contributed by atoms with Crippen molar-refractivity contribution in [3.8, 4) is 5.75 Å². The molecule has 0 spiro atoms. The Kier molecular flexibility index (Phi) is 5.31. The second kappa shape index (κ2) is 8.06. The van der Waals surface area contributed by atoms with Gasteiger partial charge in [0.15, 0.2) is 0 Å². The molecule has 0 unspecified atom stereocenters. The van der Waals surface area contributed by atoms with E-state index >= 15 is 0 Å². The molecule has 0 saturated carbocycles. The van der Waals surface area contributed by atoms with Crippen molar-refractivity contribution in [1.29, 1.82) is 0 Å². The number of piperazine rings is 1. The Balaban J connectivity index is 1.60. The van der Waals surface area contributed by atoms with Gasteiger partial charge in [0.25, 0.3) is 5.91 Å². The molecule has 1 aliphatic heterocycles. The molecule has 156 valence electrons. The number of carbonyl (C=O) groups is 2. The highest BCUT2D eigenvalue weighted by atomic mass is 16.6. The molecule has 4 rings (SSSR count). The summed E-state index contributed by atoms with van der Waals surface area (Å²) >= 11 is 0. The summed E-state index contributed by atoms with van der Waals surface area (Å²) < 4.78 is 16.0. The molecule has 1 saturated heterocycles. The lowest BCUT2D eigenvalue weighted by Crippen LogP contribution is -2.50. The van der Waals surface area contributed by atoms with Gasteiger partial charge in [-0.15, -0.1) is 0 Å². The Hall–Kier alpha value is -3.55. The van der Waals surface area contributed by atoms with Gasteiger partial charge in [-0.3, -0.25) is 9.59 Å². The number of fused-ring (bicyclic) bond motifs is 2. The minimum Gasteiger partial charge on any atom is -0.497 e. The molecule has 8 nitrogen and oxygen atoms in total. The molecular formula is C22H22N2O6. The van der Waals surface area contributed by atoms with Gasteiger partial charge in [0.1, 0.15) is 16.9 Å². The summed E-state index contributed by atoms with van der Waals surface area (Å²) in [5.74, 6) is 0.411. The first kappa shape index (κ1) is 19.8. The first-order valence-corrected chi connectivity index (χ1v) is 9.77. The molecule has 0 N–H and O–H groups in total. The molecule has 0 bridgehead atoms. The first-order valence-electron chi connectivity index (χ1n) is 9.77. The number of amides is 2. The third kappa shape index (κ3) is 3.56. The Labute approximate surface area is 172 Å². The van der Waals surface area contributed by atoms with Crippen LogP contribution in [0.25, 0.3) is 21.9 Å². The van der Waals surface area contributed by atoms with Gasteiger partial charge in [0.2, 0.25) is 5.43 Å². The normalized spacial score (nSPS) is 14.2. The van der Waals surface area contributed by atoms with E-state index in [2.05, 4.69) is 0 Å². The van der Waals surface area contributed by atoms with E-state index in [1.165, 1.54) is 0 Å². The Morgan fingerprint density at radius 2 is 1.70 bits per heavy atom. The fourth-order valence-corrected chi connectivity index (χ4v) is 3.58. The third-order valence-corrected chi connectivity index (χ3v) is 5.22. The van der Waals surface area contributed by atoms with Crippen LogP contribution < -0.4 is 10.2 Å². The largest absolute Gasteiger partial charge is 0.497 e. The highest BCUT2D eigenvalue weighted by Crippen LogP contribution is 2.24. The van der Waals surface area contributed by atoms with Crippen LogP contribution in [0.2, 0.25) is 0 Å². The summed E-state index contributed by atoms with van der Waals surface area (Å²) in [5.41, 5.74) is 1.05. The quantitative estimate of drug-likeness (QED) is 0.617. The van der Waals surface area contributed by atoms with Crippen LogP contribution in [-0.2, 0) is 4.74 Å². The molecule has 2 aromatic carbocycles. The Bertz CT molecular complexity index is 1180. The van der Waals surface area contributed by atoms with Crippen molar-refractivity contribution < 1.29 is 23.5 Å². The lowest BCUT2D eigenvalue weighted by Gasteiger charge is -2.34. The number of benzene rings is 2. The van der Waals surface area contributed by atoms with E-state index in [0.29, 0.717) is 66.0 Å². The van der Waals surface area contributed by atoms with Crippen LogP contribution in [0.15, 0.2) is 45.6 Å². The van der Waals surface area contributed by atoms with Crippen molar-refractivity contribution in [2.45, 2.75) is 6.92 Å². The van der Waals surface area contributed by atoms with Gasteiger partial charge in [-0.25, -0.2) is 4.79 Å². The predicted octanol–water partition coefficient (Wildman–Crippen LogP) is 2.87. The zero-order valence-corrected chi connectivity index (χ0v) is 16.8. The SMILES string of the molecule is CCOC(=O)N1CCN(C(=O)c2ccc3oc4cc(OC)ccc4c(=O)c3c2)CC1. The summed E-state index contributed by atoms with van der Waals surface area (Å²) in [5, 5.41) is 0.777. The van der Waals surface area contributed by atoms with E-state index < -0.39 is 0 Å². The lowest BCUT2D eigenvalue weighted by atomic mass is 10.1. The molecule has 1 aliphatic rings. The zero-order chi connectivity index (χ0) is 21.3. The smallest absolute Gasteiger partial charge is 0.409 e. The molecule has 2 heterocycles. The van der Waals surface area contributed by atoms with Crippen molar-refractivity contribution in [2.24, 2.45) is 0 Å². The second-order valence-corrected chi connectivity index (χ2v) is 6.98. The molecule has 3 aromatic rings. The summed E-state index contributed by atoms with van der Waals surface area (Å²) in [7, 11) is 1.55. The first-order chi connectivity index (χ1) is 14.5. The molecule has 0 atom stereocenters. The van der Waals surface area contributed by atoms with Gasteiger partial charge in [0, 0.05) is 37.8 Å². The number of hydrogen-bond donors (Lipinski definition) is 0. The van der Waals surface area contributed by atoms with Gasteiger partial charge in [-0.2, -0.15) is 0 Å². The zero-order valence-electron chi connectivity index (χ0n) is 16.8. The monoisotopic (exact) mass is 410 g/mol. The molecule has 0 aliphatic carbocycles. The van der Waals surface area contributed by atoms with Crippen LogP contribution in [-0.4, -0.2) is 61.7 Å². The Morgan fingerprint density at radius 1 is 0.967 bits per heavy atom. The van der Waals surface area contributed by atoms with Crippen LogP contribution in [0.5, 0.6) is 5.75 Å². The third-order valence-electron chi connectivity index (χ3n) is 5.22. The number of nitrogens with zero attached hydrogens (tertiary/aromatic N) is 2. The maximum Gasteiger partial charge on any atom is 0.409 e. The van der Waals surface area contributed by atoms with Crippen molar-refractivity contribution in [3.05, 3.63) is 52.2 Å². The van der Waals surface area contributed by atoms with Crippen molar-refractivity contribution >= 4 is 33.9 Å². The van der Waals surface area contributed by atoms with Gasteiger partial charge in [0.05, 0.1) is 24.5 Å². The van der Waals surface area contributed by atoms with Crippen molar-refractivity contribution in [2.75, 3.05) is 39.9 Å². The molecule has 30 heavy (non-hydrogen) atoms. The van der Waals surface area contributed by atoms with E-state index in [0.717, 1.165) is 0 Å². The summed E-state index contributed by atoms with van der Waals surface area (Å²) in [6, 6.07) is 9.88. The van der Waals surface area contributed by atoms with Crippen LogP contribution in [0.3, 0.4) is 0 Å². The van der Waals surface area contributed by atoms with Gasteiger partial charge < -0.3 is 23.7 Å². The number of ether oxygens (including phenoxy) is 2. The van der Waals surface area contributed by atoms with Crippen LogP contribution >= 0.6 is 0 Å². The number of hydrogen-bond acceptors (Lipinski definition) is 6. The van der Waals surface area contributed by atoms with E-state index in [4.69, 9.17) is 13.9 Å². The molecule has 2 amide bonds. The summed E-state index contributed by atoms with van der Waals surface area (Å²) in [4.78, 5) is 41.0. The van der Waals surface area contributed by atoms with E-state index in [1.54, 1.807) is 60.2 Å². The topological polar surface area (TPSA) is 89.3 Å². The van der Waals surface area contributed by atoms with Crippen molar-refractivity contribution in [3.63, 3.8) is 0 Å². The molecule has 0 radical (unpaired) electrons. The van der Waals surface area contributed by atoms with E-state index in [9.17, 15) is 14.4 Å². The van der Waals surface area contributed by atoms with Gasteiger partial charge >= 0.3 is 6.09 Å². The number of methoxy groups -OCH3 is 1. The Morgan fingerprint density at radius 3 is 2.40 bits per heavy atom. The molecule has 1 aromatic heterocycles. The predicted molar refractivity (Wildman–Crippen MR) is 111 cm³/mol.